The van der Waals surface area contributed by atoms with Gasteiger partial charge in [0, 0.05) is 0 Å². The molecule has 10 heavy (non-hydrogen) atoms. The van der Waals surface area contributed by atoms with E-state index in [2.05, 4.69) is 4.74 Å². The van der Waals surface area contributed by atoms with Gasteiger partial charge in [0.15, 0.2) is 6.35 Å². The highest BCUT2D eigenvalue weighted by molar-refractivity contribution is 7.51. The van der Waals surface area contributed by atoms with Gasteiger partial charge in [-0.3, -0.25) is 4.57 Å². The van der Waals surface area contributed by atoms with Crippen LogP contribution >= 0.6 is 7.60 Å². The van der Waals surface area contributed by atoms with Gasteiger partial charge in [0.2, 0.25) is 0 Å². The van der Waals surface area contributed by atoms with E-state index in [4.69, 9.17) is 15.2 Å². The van der Waals surface area contributed by atoms with Crippen molar-refractivity contribution in [1.82, 2.24) is 0 Å². The number of nitrogens with one attached hydrogen (secondary N) is 1. The molecular weight excluding hydrogens is 161 g/mol. The average Bonchev–Trinajstić information content (AvgIpc) is 1.81. The minimum atomic E-state index is -4.28. The van der Waals surface area contributed by atoms with Crippen molar-refractivity contribution in [3.05, 3.63) is 0 Å². The largest absolute Gasteiger partial charge is 0.448 e. The molecule has 0 rings (SSSR count). The minimum absolute atomic E-state index is 0.329. The third-order valence-electron chi connectivity index (χ3n) is 0.493. The van der Waals surface area contributed by atoms with Crippen LogP contribution in [0, 0.1) is 5.41 Å². The van der Waals surface area contributed by atoms with Gasteiger partial charge in [-0.05, 0) is 0 Å². The summed E-state index contributed by atoms with van der Waals surface area (Å²) in [5, 5.41) is 6.26. The molecule has 3 N–H and O–H groups in total. The fourth-order valence-corrected chi connectivity index (χ4v) is 0.485. The zero-order chi connectivity index (χ0) is 8.20. The third-order valence-corrected chi connectivity index (χ3v) is 0.958. The van der Waals surface area contributed by atoms with Gasteiger partial charge in [0.1, 0.15) is 6.21 Å². The van der Waals surface area contributed by atoms with Crippen LogP contribution in [0.2, 0.25) is 0 Å². The van der Waals surface area contributed by atoms with Crippen LogP contribution in [0.3, 0.4) is 0 Å². The molecule has 0 saturated heterocycles. The predicted octanol–water partition coefficient (Wildman–Crippen LogP) is -0.686. The van der Waals surface area contributed by atoms with Crippen LogP contribution in [0.5, 0.6) is 0 Å². The highest BCUT2D eigenvalue weighted by Gasteiger charge is 2.14. The summed E-state index contributed by atoms with van der Waals surface area (Å²) in [6, 6.07) is 0. The molecule has 0 aliphatic heterocycles. The predicted molar refractivity (Wildman–Crippen MR) is 31.8 cm³/mol. The van der Waals surface area contributed by atoms with Crippen LogP contribution in [0.1, 0.15) is 0 Å². The summed E-state index contributed by atoms with van der Waals surface area (Å²) in [5.74, 6) is -1.07. The normalized spacial score (nSPS) is 10.6. The molecule has 58 valence electrons. The first-order valence-electron chi connectivity index (χ1n) is 2.17. The number of hydrogen-bond donors (Lipinski definition) is 3. The van der Waals surface area contributed by atoms with Crippen molar-refractivity contribution in [3.8, 4) is 0 Å². The average molecular weight is 167 g/mol. The van der Waals surface area contributed by atoms with E-state index in [-0.39, 0.29) is 0 Å². The second kappa shape index (κ2) is 3.46. The fourth-order valence-electron chi connectivity index (χ4n) is 0.189. The molecule has 0 aliphatic rings. The SMILES string of the molecule is N=CC(=O)OCP(=O)(O)O. The van der Waals surface area contributed by atoms with Crippen LogP contribution in [0.15, 0.2) is 0 Å². The molecule has 0 bridgehead atoms. The van der Waals surface area contributed by atoms with Crippen molar-refractivity contribution >= 4 is 19.8 Å². The lowest BCUT2D eigenvalue weighted by atomic mass is 10.8. The Labute approximate surface area is 56.5 Å². The molecular formula is C3H6NO5P. The smallest absolute Gasteiger partial charge is 0.362 e. The summed E-state index contributed by atoms with van der Waals surface area (Å²) in [4.78, 5) is 26.3. The van der Waals surface area contributed by atoms with Crippen molar-refractivity contribution in [3.63, 3.8) is 0 Å². The van der Waals surface area contributed by atoms with E-state index in [0.717, 1.165) is 0 Å². The maximum absolute atomic E-state index is 10.0. The van der Waals surface area contributed by atoms with Gasteiger partial charge >= 0.3 is 13.6 Å². The van der Waals surface area contributed by atoms with Crippen LogP contribution < -0.4 is 0 Å². The maximum Gasteiger partial charge on any atom is 0.362 e. The highest BCUT2D eigenvalue weighted by atomic mass is 31.2. The molecule has 0 spiro atoms. The quantitative estimate of drug-likeness (QED) is 0.293. The molecule has 0 unspecified atom stereocenters. The molecule has 0 radical (unpaired) electrons. The molecule has 0 aromatic heterocycles. The number of carbonyl (C=O) groups excluding carboxylic acids is 1. The Hall–Kier alpha value is -0.710. The molecule has 0 saturated carbocycles. The molecule has 0 aromatic carbocycles. The van der Waals surface area contributed by atoms with Crippen molar-refractivity contribution in [1.29, 1.82) is 5.41 Å². The summed E-state index contributed by atoms with van der Waals surface area (Å²) in [5.41, 5.74) is 0. The number of carbonyl (C=O) groups is 1. The molecule has 0 amide bonds. The van der Waals surface area contributed by atoms with Gasteiger partial charge in [-0.15, -0.1) is 0 Å². The molecule has 0 atom stereocenters. The fraction of sp³-hybridized carbons (Fsp3) is 0.333. The second-order valence-corrected chi connectivity index (χ2v) is 2.99. The monoisotopic (exact) mass is 167 g/mol. The molecule has 0 aromatic rings. The van der Waals surface area contributed by atoms with E-state index in [1.54, 1.807) is 0 Å². The van der Waals surface area contributed by atoms with Crippen molar-refractivity contribution < 1.29 is 23.9 Å². The molecule has 0 heterocycles. The van der Waals surface area contributed by atoms with E-state index < -0.39 is 19.9 Å². The van der Waals surface area contributed by atoms with Gasteiger partial charge in [0.25, 0.3) is 0 Å². The van der Waals surface area contributed by atoms with Gasteiger partial charge in [0.05, 0.1) is 0 Å². The van der Waals surface area contributed by atoms with Crippen molar-refractivity contribution in [2.45, 2.75) is 0 Å². The molecule has 0 aliphatic carbocycles. The molecule has 6 nitrogen and oxygen atoms in total. The van der Waals surface area contributed by atoms with Crippen molar-refractivity contribution in [2.75, 3.05) is 6.35 Å². The van der Waals surface area contributed by atoms with E-state index in [0.29, 0.717) is 6.21 Å². The Bertz CT molecular complexity index is 183. The van der Waals surface area contributed by atoms with Gasteiger partial charge < -0.3 is 19.9 Å². The maximum atomic E-state index is 10.0. The Morgan fingerprint density at radius 3 is 2.50 bits per heavy atom. The standard InChI is InChI=1S/C3H6NO5P/c4-1-3(5)9-2-10(6,7)8/h1,4H,2H2,(H2,6,7,8). The summed E-state index contributed by atoms with van der Waals surface area (Å²) in [6.07, 6.45) is -0.642. The van der Waals surface area contributed by atoms with Gasteiger partial charge in [-0.1, -0.05) is 0 Å². The van der Waals surface area contributed by atoms with E-state index >= 15 is 0 Å². The lowest BCUT2D eigenvalue weighted by Gasteiger charge is -2.01. The Morgan fingerprint density at radius 1 is 1.70 bits per heavy atom. The van der Waals surface area contributed by atoms with Gasteiger partial charge in [-0.2, -0.15) is 0 Å². The van der Waals surface area contributed by atoms with Gasteiger partial charge in [-0.25, -0.2) is 4.79 Å². The highest BCUT2D eigenvalue weighted by Crippen LogP contribution is 2.33. The molecule has 0 fully saturated rings. The van der Waals surface area contributed by atoms with Crippen LogP contribution in [-0.2, 0) is 14.1 Å². The van der Waals surface area contributed by atoms with Crippen LogP contribution in [-0.4, -0.2) is 28.3 Å². The van der Waals surface area contributed by atoms with E-state index in [1.165, 1.54) is 0 Å². The minimum Gasteiger partial charge on any atom is -0.448 e. The second-order valence-electron chi connectivity index (χ2n) is 1.40. The number of esters is 1. The topological polar surface area (TPSA) is 108 Å². The lowest BCUT2D eigenvalue weighted by Crippen LogP contribution is -2.06. The first kappa shape index (κ1) is 9.29. The lowest BCUT2D eigenvalue weighted by molar-refractivity contribution is -0.133. The number of ether oxygens (including phenoxy) is 1. The first-order valence-corrected chi connectivity index (χ1v) is 3.97. The Morgan fingerprint density at radius 2 is 2.20 bits per heavy atom. The summed E-state index contributed by atoms with van der Waals surface area (Å²) in [7, 11) is -4.28. The first-order chi connectivity index (χ1) is 4.45. The summed E-state index contributed by atoms with van der Waals surface area (Å²) in [6.45, 7) is 0. The summed E-state index contributed by atoms with van der Waals surface area (Å²) >= 11 is 0. The van der Waals surface area contributed by atoms with Crippen molar-refractivity contribution in [2.24, 2.45) is 0 Å². The Kier molecular flexibility index (Phi) is 3.21. The molecule has 7 heteroatoms. The van der Waals surface area contributed by atoms with E-state index in [1.807, 2.05) is 0 Å². The van der Waals surface area contributed by atoms with Crippen LogP contribution in [0.4, 0.5) is 0 Å². The number of hydrogen-bond acceptors (Lipinski definition) is 4. The zero-order valence-electron chi connectivity index (χ0n) is 4.85. The van der Waals surface area contributed by atoms with Crippen LogP contribution in [0.25, 0.3) is 0 Å². The number of rotatable bonds is 3. The Balaban J connectivity index is 3.66. The summed E-state index contributed by atoms with van der Waals surface area (Å²) < 4.78 is 13.9. The van der Waals surface area contributed by atoms with E-state index in [9.17, 15) is 9.36 Å². The zero-order valence-corrected chi connectivity index (χ0v) is 5.75. The third kappa shape index (κ3) is 5.43.